The summed E-state index contributed by atoms with van der Waals surface area (Å²) in [4.78, 5) is 0. The number of alkyl halides is 1. The number of hydrogen-bond acceptors (Lipinski definition) is 2. The molecule has 0 saturated carbocycles. The van der Waals surface area contributed by atoms with E-state index in [-0.39, 0.29) is 0 Å². The number of nitrogens with zero attached hydrogens (tertiary/aromatic N) is 3. The summed E-state index contributed by atoms with van der Waals surface area (Å²) >= 11 is 3.49. The van der Waals surface area contributed by atoms with Gasteiger partial charge in [-0.25, -0.2) is 0 Å². The van der Waals surface area contributed by atoms with Crippen LogP contribution in [0.25, 0.3) is 0 Å². The van der Waals surface area contributed by atoms with E-state index in [0.29, 0.717) is 5.92 Å². The minimum absolute atomic E-state index is 0.585. The fourth-order valence-electron chi connectivity index (χ4n) is 2.27. The Morgan fingerprint density at radius 2 is 1.80 bits per heavy atom. The van der Waals surface area contributed by atoms with Crippen molar-refractivity contribution in [1.82, 2.24) is 14.8 Å². The van der Waals surface area contributed by atoms with Gasteiger partial charge < -0.3 is 4.57 Å². The van der Waals surface area contributed by atoms with E-state index < -0.39 is 0 Å². The summed E-state index contributed by atoms with van der Waals surface area (Å²) in [6.07, 6.45) is 0.841. The first-order valence-electron chi connectivity index (χ1n) is 7.04. The molecule has 2 rings (SSSR count). The zero-order chi connectivity index (χ0) is 14.7. The summed E-state index contributed by atoms with van der Waals surface area (Å²) in [7, 11) is 0. The number of aryl methyl sites for hydroxylation is 2. The highest BCUT2D eigenvalue weighted by Gasteiger charge is 2.13. The highest BCUT2D eigenvalue weighted by atomic mass is 79.9. The van der Waals surface area contributed by atoms with Gasteiger partial charge in [0.15, 0.2) is 0 Å². The molecule has 0 fully saturated rings. The molecule has 0 atom stereocenters. The Balaban J connectivity index is 2.28. The third-order valence-electron chi connectivity index (χ3n) is 3.50. The zero-order valence-electron chi connectivity index (χ0n) is 12.7. The molecule has 0 saturated heterocycles. The standard InChI is InChI=1S/C16H22BrN3/c1-11(2)10-20-15(18-19-16(20)9-17)8-14-6-5-12(3)13(4)7-14/h5-7,11H,8-10H2,1-4H3. The lowest BCUT2D eigenvalue weighted by Crippen LogP contribution is -2.11. The Hall–Kier alpha value is -1.16. The van der Waals surface area contributed by atoms with Gasteiger partial charge in [-0.3, -0.25) is 0 Å². The van der Waals surface area contributed by atoms with Gasteiger partial charge in [0, 0.05) is 13.0 Å². The molecular weight excluding hydrogens is 314 g/mol. The molecule has 4 heteroatoms. The third kappa shape index (κ3) is 3.48. The fourth-order valence-corrected chi connectivity index (χ4v) is 2.69. The van der Waals surface area contributed by atoms with Gasteiger partial charge in [-0.2, -0.15) is 0 Å². The number of benzene rings is 1. The molecule has 0 spiro atoms. The second-order valence-corrected chi connectivity index (χ2v) is 6.33. The van der Waals surface area contributed by atoms with Crippen molar-refractivity contribution in [2.75, 3.05) is 0 Å². The second kappa shape index (κ2) is 6.53. The topological polar surface area (TPSA) is 30.7 Å². The van der Waals surface area contributed by atoms with Gasteiger partial charge in [0.25, 0.3) is 0 Å². The maximum absolute atomic E-state index is 4.37. The van der Waals surface area contributed by atoms with Gasteiger partial charge >= 0.3 is 0 Å². The number of aromatic nitrogens is 3. The normalized spacial score (nSPS) is 11.3. The number of halogens is 1. The Kier molecular flexibility index (Phi) is 4.97. The Morgan fingerprint density at radius 1 is 1.10 bits per heavy atom. The van der Waals surface area contributed by atoms with Crippen molar-refractivity contribution < 1.29 is 0 Å². The predicted molar refractivity (Wildman–Crippen MR) is 86.2 cm³/mol. The lowest BCUT2D eigenvalue weighted by atomic mass is 10.0. The molecule has 20 heavy (non-hydrogen) atoms. The van der Waals surface area contributed by atoms with Crippen molar-refractivity contribution in [2.45, 2.75) is 46.0 Å². The van der Waals surface area contributed by atoms with E-state index in [2.05, 4.69) is 76.6 Å². The van der Waals surface area contributed by atoms with Crippen LogP contribution in [0, 0.1) is 19.8 Å². The van der Waals surface area contributed by atoms with E-state index in [1.54, 1.807) is 0 Å². The Morgan fingerprint density at radius 3 is 2.40 bits per heavy atom. The van der Waals surface area contributed by atoms with Crippen LogP contribution in [0.15, 0.2) is 18.2 Å². The molecule has 0 aliphatic carbocycles. The van der Waals surface area contributed by atoms with Crippen LogP contribution in [0.4, 0.5) is 0 Å². The van der Waals surface area contributed by atoms with E-state index in [0.717, 1.165) is 29.9 Å². The first-order valence-corrected chi connectivity index (χ1v) is 8.16. The van der Waals surface area contributed by atoms with Crippen LogP contribution in [0.3, 0.4) is 0 Å². The van der Waals surface area contributed by atoms with E-state index in [4.69, 9.17) is 0 Å². The van der Waals surface area contributed by atoms with Crippen LogP contribution < -0.4 is 0 Å². The van der Waals surface area contributed by atoms with Gasteiger partial charge in [-0.05, 0) is 36.5 Å². The second-order valence-electron chi connectivity index (χ2n) is 5.77. The van der Waals surface area contributed by atoms with Gasteiger partial charge in [0.2, 0.25) is 0 Å². The quantitative estimate of drug-likeness (QED) is 0.772. The SMILES string of the molecule is Cc1ccc(Cc2nnc(CBr)n2CC(C)C)cc1C. The third-order valence-corrected chi connectivity index (χ3v) is 4.01. The van der Waals surface area contributed by atoms with Crippen LogP contribution in [0.2, 0.25) is 0 Å². The number of hydrogen-bond donors (Lipinski definition) is 0. The summed E-state index contributed by atoms with van der Waals surface area (Å²) in [5.74, 6) is 2.65. The van der Waals surface area contributed by atoms with Crippen LogP contribution in [0.5, 0.6) is 0 Å². The average molecular weight is 336 g/mol. The highest BCUT2D eigenvalue weighted by molar-refractivity contribution is 9.08. The fraction of sp³-hybridized carbons (Fsp3) is 0.500. The van der Waals surface area contributed by atoms with Gasteiger partial charge in [-0.1, -0.05) is 48.0 Å². The van der Waals surface area contributed by atoms with Gasteiger partial charge in [0.1, 0.15) is 11.6 Å². The summed E-state index contributed by atoms with van der Waals surface area (Å²) in [6, 6.07) is 6.61. The largest absolute Gasteiger partial charge is 0.314 e. The molecule has 0 radical (unpaired) electrons. The number of rotatable bonds is 5. The van der Waals surface area contributed by atoms with Crippen molar-refractivity contribution in [3.05, 3.63) is 46.5 Å². The summed E-state index contributed by atoms with van der Waals surface area (Å²) in [5.41, 5.74) is 3.96. The molecule has 0 amide bonds. The van der Waals surface area contributed by atoms with Crippen LogP contribution in [0.1, 0.15) is 42.2 Å². The molecule has 3 nitrogen and oxygen atoms in total. The molecule has 2 aromatic rings. The van der Waals surface area contributed by atoms with Crippen molar-refractivity contribution in [2.24, 2.45) is 5.92 Å². The molecular formula is C16H22BrN3. The highest BCUT2D eigenvalue weighted by Crippen LogP contribution is 2.16. The molecule has 0 aliphatic heterocycles. The van der Waals surface area contributed by atoms with Crippen molar-refractivity contribution in [1.29, 1.82) is 0 Å². The van der Waals surface area contributed by atoms with Gasteiger partial charge in [0.05, 0.1) is 5.33 Å². The molecule has 0 unspecified atom stereocenters. The summed E-state index contributed by atoms with van der Waals surface area (Å²) < 4.78 is 2.24. The zero-order valence-corrected chi connectivity index (χ0v) is 14.2. The van der Waals surface area contributed by atoms with Crippen molar-refractivity contribution in [3.8, 4) is 0 Å². The molecule has 1 aromatic carbocycles. The summed E-state index contributed by atoms with van der Waals surface area (Å²) in [6.45, 7) is 9.70. The minimum atomic E-state index is 0.585. The van der Waals surface area contributed by atoms with E-state index in [9.17, 15) is 0 Å². The maximum Gasteiger partial charge on any atom is 0.143 e. The smallest absolute Gasteiger partial charge is 0.143 e. The first-order chi connectivity index (χ1) is 9.51. The van der Waals surface area contributed by atoms with Gasteiger partial charge in [-0.15, -0.1) is 10.2 Å². The summed E-state index contributed by atoms with van der Waals surface area (Å²) in [5, 5.41) is 9.41. The van der Waals surface area contributed by atoms with E-state index in [1.165, 1.54) is 16.7 Å². The Bertz CT molecular complexity index is 587. The molecule has 0 bridgehead atoms. The first kappa shape index (κ1) is 15.2. The van der Waals surface area contributed by atoms with Crippen molar-refractivity contribution in [3.63, 3.8) is 0 Å². The lowest BCUT2D eigenvalue weighted by molar-refractivity contribution is 0.500. The average Bonchev–Trinajstić information content (AvgIpc) is 2.76. The van der Waals surface area contributed by atoms with Crippen LogP contribution >= 0.6 is 15.9 Å². The Labute approximate surface area is 129 Å². The molecule has 108 valence electrons. The molecule has 1 heterocycles. The molecule has 0 N–H and O–H groups in total. The predicted octanol–water partition coefficient (Wildman–Crippen LogP) is 4.04. The molecule has 0 aliphatic rings. The van der Waals surface area contributed by atoms with E-state index in [1.807, 2.05) is 0 Å². The lowest BCUT2D eigenvalue weighted by Gasteiger charge is -2.12. The monoisotopic (exact) mass is 335 g/mol. The molecule has 1 aromatic heterocycles. The van der Waals surface area contributed by atoms with Crippen LogP contribution in [-0.4, -0.2) is 14.8 Å². The van der Waals surface area contributed by atoms with Crippen LogP contribution in [-0.2, 0) is 18.3 Å². The maximum atomic E-state index is 4.37. The minimum Gasteiger partial charge on any atom is -0.314 e. The van der Waals surface area contributed by atoms with Crippen molar-refractivity contribution >= 4 is 15.9 Å². The van der Waals surface area contributed by atoms with E-state index >= 15 is 0 Å².